The van der Waals surface area contributed by atoms with E-state index in [1.54, 1.807) is 24.5 Å². The molecule has 6 nitrogen and oxygen atoms in total. The van der Waals surface area contributed by atoms with Gasteiger partial charge >= 0.3 is 0 Å². The lowest BCUT2D eigenvalue weighted by molar-refractivity contribution is -0.118. The van der Waals surface area contributed by atoms with E-state index in [-0.39, 0.29) is 11.7 Å². The number of nitrogens with one attached hydrogen (secondary N) is 1. The first-order valence-corrected chi connectivity index (χ1v) is 12.3. The number of carbonyl (C=O) groups excluding carboxylic acids is 1. The molecule has 33 heavy (non-hydrogen) atoms. The Labute approximate surface area is 205 Å². The third-order valence-corrected chi connectivity index (χ3v) is 7.31. The van der Waals surface area contributed by atoms with E-state index in [9.17, 15) is 4.79 Å². The van der Waals surface area contributed by atoms with E-state index < -0.39 is 0 Å². The van der Waals surface area contributed by atoms with E-state index in [1.165, 1.54) is 11.8 Å². The minimum atomic E-state index is -0.0896. The zero-order chi connectivity index (χ0) is 23.2. The molecule has 2 heterocycles. The van der Waals surface area contributed by atoms with Crippen molar-refractivity contribution in [2.24, 2.45) is 0 Å². The topological polar surface area (TPSA) is 77.0 Å². The molecule has 0 saturated carbocycles. The molecule has 0 bridgehead atoms. The highest BCUT2D eigenvalue weighted by Crippen LogP contribution is 2.35. The molecule has 2 aromatic heterocycles. The van der Waals surface area contributed by atoms with Crippen molar-refractivity contribution in [2.45, 2.75) is 18.5 Å². The van der Waals surface area contributed by atoms with E-state index in [0.717, 1.165) is 38.1 Å². The fourth-order valence-corrected chi connectivity index (χ4v) is 4.92. The normalized spacial score (nSPS) is 10.8. The van der Waals surface area contributed by atoms with Crippen LogP contribution in [0.5, 0.6) is 5.75 Å². The number of aryl methyl sites for hydroxylation is 1. The fraction of sp³-hybridized carbons (Fsp3) is 0.167. The SMILES string of the molecule is COc1ccc(-c2nc(C)c(-c3ccc(SCC(=O)NCc4ccccc4Cl)nn3)s2)cc1. The van der Waals surface area contributed by atoms with Crippen LogP contribution in [0.4, 0.5) is 0 Å². The number of hydrogen-bond donors (Lipinski definition) is 1. The summed E-state index contributed by atoms with van der Waals surface area (Å²) >= 11 is 9.03. The highest BCUT2D eigenvalue weighted by atomic mass is 35.5. The van der Waals surface area contributed by atoms with Crippen molar-refractivity contribution in [2.75, 3.05) is 12.9 Å². The van der Waals surface area contributed by atoms with Gasteiger partial charge in [0, 0.05) is 17.1 Å². The van der Waals surface area contributed by atoms with Gasteiger partial charge in [0.1, 0.15) is 21.5 Å². The van der Waals surface area contributed by atoms with Gasteiger partial charge in [-0.15, -0.1) is 21.5 Å². The zero-order valence-electron chi connectivity index (χ0n) is 18.0. The number of rotatable bonds is 8. The van der Waals surface area contributed by atoms with Crippen LogP contribution in [0.25, 0.3) is 21.1 Å². The molecular formula is C24H21ClN4O2S2. The number of ether oxygens (including phenoxy) is 1. The lowest BCUT2D eigenvalue weighted by atomic mass is 10.2. The molecule has 1 amide bonds. The van der Waals surface area contributed by atoms with Gasteiger partial charge in [-0.1, -0.05) is 41.6 Å². The lowest BCUT2D eigenvalue weighted by Gasteiger charge is -2.06. The maximum atomic E-state index is 12.2. The highest BCUT2D eigenvalue weighted by molar-refractivity contribution is 7.99. The maximum absolute atomic E-state index is 12.2. The summed E-state index contributed by atoms with van der Waals surface area (Å²) in [5.41, 5.74) is 3.57. The molecular weight excluding hydrogens is 476 g/mol. The van der Waals surface area contributed by atoms with E-state index in [4.69, 9.17) is 16.3 Å². The quantitative estimate of drug-likeness (QED) is 0.318. The minimum absolute atomic E-state index is 0.0896. The second-order valence-electron chi connectivity index (χ2n) is 7.08. The van der Waals surface area contributed by atoms with Crippen LogP contribution in [0.3, 0.4) is 0 Å². The number of carbonyl (C=O) groups is 1. The Hall–Kier alpha value is -2.94. The molecule has 4 aromatic rings. The average Bonchev–Trinajstić information content (AvgIpc) is 3.24. The smallest absolute Gasteiger partial charge is 0.230 e. The molecule has 4 rings (SSSR count). The second-order valence-corrected chi connectivity index (χ2v) is 9.48. The number of thioether (sulfide) groups is 1. The summed E-state index contributed by atoms with van der Waals surface area (Å²) < 4.78 is 5.22. The number of amides is 1. The summed E-state index contributed by atoms with van der Waals surface area (Å²) in [6, 6.07) is 19.1. The van der Waals surface area contributed by atoms with Crippen LogP contribution in [-0.2, 0) is 11.3 Å². The van der Waals surface area contributed by atoms with E-state index in [1.807, 2.05) is 61.5 Å². The summed E-state index contributed by atoms with van der Waals surface area (Å²) in [5, 5.41) is 13.8. The van der Waals surface area contributed by atoms with Crippen molar-refractivity contribution in [3.8, 4) is 26.9 Å². The Kier molecular flexibility index (Phi) is 7.59. The average molecular weight is 497 g/mol. The molecule has 9 heteroatoms. The lowest BCUT2D eigenvalue weighted by Crippen LogP contribution is -2.24. The predicted octanol–water partition coefficient (Wildman–Crippen LogP) is 5.65. The first-order chi connectivity index (χ1) is 16.0. The van der Waals surface area contributed by atoms with Crippen molar-refractivity contribution in [3.05, 3.63) is 76.9 Å². The number of halogens is 1. The minimum Gasteiger partial charge on any atom is -0.497 e. The maximum Gasteiger partial charge on any atom is 0.230 e. The van der Waals surface area contributed by atoms with Crippen molar-refractivity contribution < 1.29 is 9.53 Å². The van der Waals surface area contributed by atoms with Gasteiger partial charge in [-0.25, -0.2) is 4.98 Å². The van der Waals surface area contributed by atoms with E-state index in [2.05, 4.69) is 20.5 Å². The van der Waals surface area contributed by atoms with Crippen LogP contribution >= 0.6 is 34.7 Å². The summed E-state index contributed by atoms with van der Waals surface area (Å²) in [6.45, 7) is 2.36. The van der Waals surface area contributed by atoms with Gasteiger partial charge in [0.05, 0.1) is 23.4 Å². The van der Waals surface area contributed by atoms with E-state index >= 15 is 0 Å². The number of methoxy groups -OCH3 is 1. The van der Waals surface area contributed by atoms with Crippen LogP contribution in [0, 0.1) is 6.92 Å². The number of thiazole rings is 1. The monoisotopic (exact) mass is 496 g/mol. The standard InChI is InChI=1S/C24H21ClN4O2S2/c1-15-23(33-24(27-15)16-7-9-18(31-2)10-8-16)20-11-12-22(29-28-20)32-14-21(30)26-13-17-5-3-4-6-19(17)25/h3-12H,13-14H2,1-2H3,(H,26,30). The van der Waals surface area contributed by atoms with Crippen LogP contribution in [0.15, 0.2) is 65.7 Å². The first kappa shape index (κ1) is 23.2. The number of benzene rings is 2. The third-order valence-electron chi connectivity index (χ3n) is 4.79. The van der Waals surface area contributed by atoms with Gasteiger partial charge in [-0.05, 0) is 55.0 Å². The van der Waals surface area contributed by atoms with Gasteiger partial charge in [0.25, 0.3) is 0 Å². The largest absolute Gasteiger partial charge is 0.497 e. The molecule has 0 spiro atoms. The molecule has 0 saturated heterocycles. The molecule has 0 aliphatic rings. The molecule has 1 N–H and O–H groups in total. The van der Waals surface area contributed by atoms with Crippen molar-refractivity contribution in [3.63, 3.8) is 0 Å². The van der Waals surface area contributed by atoms with Crippen LogP contribution in [0.1, 0.15) is 11.3 Å². The van der Waals surface area contributed by atoms with Crippen LogP contribution in [-0.4, -0.2) is 34.0 Å². The molecule has 0 atom stereocenters. The Bertz CT molecular complexity index is 1240. The molecule has 2 aromatic carbocycles. The van der Waals surface area contributed by atoms with E-state index in [0.29, 0.717) is 16.6 Å². The van der Waals surface area contributed by atoms with Crippen molar-refractivity contribution in [1.29, 1.82) is 0 Å². The van der Waals surface area contributed by atoms with Gasteiger partial charge < -0.3 is 10.1 Å². The Balaban J connectivity index is 1.35. The van der Waals surface area contributed by atoms with Crippen LogP contribution < -0.4 is 10.1 Å². The number of aromatic nitrogens is 3. The third kappa shape index (κ3) is 5.90. The van der Waals surface area contributed by atoms with Gasteiger partial charge in [-0.3, -0.25) is 4.79 Å². The van der Waals surface area contributed by atoms with Crippen LogP contribution in [0.2, 0.25) is 5.02 Å². The summed E-state index contributed by atoms with van der Waals surface area (Å²) in [5.74, 6) is 0.969. The highest BCUT2D eigenvalue weighted by Gasteiger charge is 2.14. The van der Waals surface area contributed by atoms with Crippen molar-refractivity contribution >= 4 is 40.6 Å². The predicted molar refractivity (Wildman–Crippen MR) is 134 cm³/mol. The molecule has 168 valence electrons. The molecule has 0 radical (unpaired) electrons. The second kappa shape index (κ2) is 10.8. The Morgan fingerprint density at radius 1 is 1.09 bits per heavy atom. The van der Waals surface area contributed by atoms with Gasteiger partial charge in [0.2, 0.25) is 5.91 Å². The summed E-state index contributed by atoms with van der Waals surface area (Å²) in [4.78, 5) is 17.8. The molecule has 0 unspecified atom stereocenters. The molecule has 0 aliphatic carbocycles. The van der Waals surface area contributed by atoms with Crippen molar-refractivity contribution in [1.82, 2.24) is 20.5 Å². The number of nitrogens with zero attached hydrogens (tertiary/aromatic N) is 3. The Morgan fingerprint density at radius 2 is 1.88 bits per heavy atom. The first-order valence-electron chi connectivity index (χ1n) is 10.1. The van der Waals surface area contributed by atoms with Gasteiger partial charge in [0.15, 0.2) is 0 Å². The zero-order valence-corrected chi connectivity index (χ0v) is 20.4. The number of hydrogen-bond acceptors (Lipinski definition) is 7. The van der Waals surface area contributed by atoms with Gasteiger partial charge in [-0.2, -0.15) is 0 Å². The molecule has 0 aliphatic heterocycles. The Morgan fingerprint density at radius 3 is 2.58 bits per heavy atom. The summed E-state index contributed by atoms with van der Waals surface area (Å²) in [6.07, 6.45) is 0. The summed E-state index contributed by atoms with van der Waals surface area (Å²) in [7, 11) is 1.65. The fourth-order valence-electron chi connectivity index (χ4n) is 3.04. The molecule has 0 fully saturated rings.